The van der Waals surface area contributed by atoms with Gasteiger partial charge in [-0.3, -0.25) is 14.5 Å². The van der Waals surface area contributed by atoms with Crippen LogP contribution < -0.4 is 5.32 Å². The summed E-state index contributed by atoms with van der Waals surface area (Å²) in [6.45, 7) is 5.61. The molecule has 1 unspecified atom stereocenters. The number of aryl methyl sites for hydroxylation is 1. The molecule has 0 aromatic carbocycles. The summed E-state index contributed by atoms with van der Waals surface area (Å²) >= 11 is 0. The summed E-state index contributed by atoms with van der Waals surface area (Å²) in [4.78, 5) is 37.0. The molecular formula is C14H19N3O3. The third-order valence-corrected chi connectivity index (χ3v) is 3.87. The number of imide groups is 1. The van der Waals surface area contributed by atoms with Gasteiger partial charge in [-0.25, -0.2) is 4.79 Å². The van der Waals surface area contributed by atoms with E-state index in [4.69, 9.17) is 0 Å². The third-order valence-electron chi connectivity index (χ3n) is 3.87. The number of ketones is 1. The lowest BCUT2D eigenvalue weighted by Gasteiger charge is -2.29. The molecular weight excluding hydrogens is 258 g/mol. The normalized spacial score (nSPS) is 19.2. The van der Waals surface area contributed by atoms with Crippen LogP contribution in [0.15, 0.2) is 6.07 Å². The van der Waals surface area contributed by atoms with Crippen molar-refractivity contribution in [3.8, 4) is 0 Å². The number of hydrogen-bond acceptors (Lipinski definition) is 3. The largest absolute Gasteiger partial charge is 0.351 e. The van der Waals surface area contributed by atoms with Crippen molar-refractivity contribution in [3.63, 3.8) is 0 Å². The fraction of sp³-hybridized carbons (Fsp3) is 0.500. The van der Waals surface area contributed by atoms with Gasteiger partial charge in [0.1, 0.15) is 0 Å². The number of nitrogens with one attached hydrogen (secondary N) is 1. The Labute approximate surface area is 117 Å². The number of rotatable bonds is 3. The van der Waals surface area contributed by atoms with Crippen LogP contribution in [0.5, 0.6) is 0 Å². The number of urea groups is 1. The molecule has 1 atom stereocenters. The fourth-order valence-electron chi connectivity index (χ4n) is 2.31. The summed E-state index contributed by atoms with van der Waals surface area (Å²) in [6.07, 6.45) is 0. The lowest BCUT2D eigenvalue weighted by atomic mass is 10.1. The van der Waals surface area contributed by atoms with E-state index in [-0.39, 0.29) is 24.2 Å². The molecule has 2 heterocycles. The number of carbonyl (C=O) groups is 3. The highest BCUT2D eigenvalue weighted by atomic mass is 16.2. The second-order valence-electron chi connectivity index (χ2n) is 5.28. The van der Waals surface area contributed by atoms with Gasteiger partial charge in [-0.2, -0.15) is 0 Å². The maximum atomic E-state index is 12.3. The number of hydrogen-bond donors (Lipinski definition) is 1. The van der Waals surface area contributed by atoms with Crippen molar-refractivity contribution < 1.29 is 14.4 Å². The van der Waals surface area contributed by atoms with Gasteiger partial charge in [-0.1, -0.05) is 6.92 Å². The molecule has 0 spiro atoms. The molecule has 1 aromatic rings. The second-order valence-corrected chi connectivity index (χ2v) is 5.28. The van der Waals surface area contributed by atoms with Gasteiger partial charge < -0.3 is 9.88 Å². The first kappa shape index (κ1) is 14.3. The highest BCUT2D eigenvalue weighted by Crippen LogP contribution is 2.16. The molecule has 6 heteroatoms. The Bertz CT molecular complexity index is 589. The van der Waals surface area contributed by atoms with Crippen LogP contribution in [0.4, 0.5) is 4.79 Å². The molecule has 20 heavy (non-hydrogen) atoms. The van der Waals surface area contributed by atoms with E-state index in [0.717, 1.165) is 16.3 Å². The standard InChI is InChI=1S/C14H19N3O3/c1-8-6-15-14(20)17(13(8)19)7-12(18)11-5-9(2)16(4)10(11)3/h5,8H,6-7H2,1-4H3,(H,15,20). The third kappa shape index (κ3) is 2.33. The van der Waals surface area contributed by atoms with Crippen LogP contribution in [-0.2, 0) is 11.8 Å². The van der Waals surface area contributed by atoms with Gasteiger partial charge in [-0.05, 0) is 19.9 Å². The Kier molecular flexibility index (Phi) is 3.65. The molecule has 0 bridgehead atoms. The molecule has 3 amide bonds. The first-order chi connectivity index (χ1) is 9.32. The van der Waals surface area contributed by atoms with E-state index in [9.17, 15) is 14.4 Å². The molecule has 1 N–H and O–H groups in total. The van der Waals surface area contributed by atoms with Crippen molar-refractivity contribution in [2.24, 2.45) is 13.0 Å². The van der Waals surface area contributed by atoms with Gasteiger partial charge in [0.05, 0.1) is 12.5 Å². The number of carbonyl (C=O) groups excluding carboxylic acids is 3. The van der Waals surface area contributed by atoms with E-state index in [2.05, 4.69) is 5.32 Å². The lowest BCUT2D eigenvalue weighted by Crippen LogP contribution is -2.55. The minimum absolute atomic E-state index is 0.209. The van der Waals surface area contributed by atoms with Crippen LogP contribution in [-0.4, -0.2) is 40.3 Å². The van der Waals surface area contributed by atoms with Gasteiger partial charge >= 0.3 is 6.03 Å². The minimum Gasteiger partial charge on any atom is -0.351 e. The van der Waals surface area contributed by atoms with Gasteiger partial charge in [0.15, 0.2) is 5.78 Å². The molecule has 0 radical (unpaired) electrons. The minimum atomic E-state index is -0.494. The number of nitrogens with zero attached hydrogens (tertiary/aromatic N) is 2. The second kappa shape index (κ2) is 5.11. The predicted molar refractivity (Wildman–Crippen MR) is 73.5 cm³/mol. The zero-order valence-corrected chi connectivity index (χ0v) is 12.2. The Hall–Kier alpha value is -2.11. The summed E-state index contributed by atoms with van der Waals surface area (Å²) in [7, 11) is 1.88. The van der Waals surface area contributed by atoms with Gasteiger partial charge in [0.25, 0.3) is 0 Å². The van der Waals surface area contributed by atoms with Crippen LogP contribution >= 0.6 is 0 Å². The molecule has 1 aliphatic rings. The van der Waals surface area contributed by atoms with Crippen molar-refractivity contribution in [3.05, 3.63) is 23.0 Å². The lowest BCUT2D eigenvalue weighted by molar-refractivity contribution is -0.132. The SMILES string of the molecule is Cc1cc(C(=O)CN2C(=O)NCC(C)C2=O)c(C)n1C. The van der Waals surface area contributed by atoms with Crippen molar-refractivity contribution in [1.29, 1.82) is 0 Å². The van der Waals surface area contributed by atoms with Crippen LogP contribution in [0, 0.1) is 19.8 Å². The maximum absolute atomic E-state index is 12.3. The molecule has 1 aliphatic heterocycles. The smallest absolute Gasteiger partial charge is 0.324 e. The topological polar surface area (TPSA) is 71.4 Å². The van der Waals surface area contributed by atoms with Gasteiger partial charge in [-0.15, -0.1) is 0 Å². The van der Waals surface area contributed by atoms with E-state index in [1.807, 2.05) is 25.5 Å². The average molecular weight is 277 g/mol. The summed E-state index contributed by atoms with van der Waals surface area (Å²) in [5, 5.41) is 2.61. The summed E-state index contributed by atoms with van der Waals surface area (Å²) in [5.41, 5.74) is 2.36. The average Bonchev–Trinajstić information content (AvgIpc) is 2.67. The molecule has 1 saturated heterocycles. The Morgan fingerprint density at radius 1 is 1.40 bits per heavy atom. The van der Waals surface area contributed by atoms with Crippen molar-refractivity contribution in [1.82, 2.24) is 14.8 Å². The maximum Gasteiger partial charge on any atom is 0.324 e. The van der Waals surface area contributed by atoms with E-state index in [0.29, 0.717) is 12.1 Å². The van der Waals surface area contributed by atoms with Crippen molar-refractivity contribution in [2.45, 2.75) is 20.8 Å². The molecule has 2 rings (SSSR count). The number of Topliss-reactive ketones (excluding diaryl/α,β-unsaturated/α-hetero) is 1. The Balaban J connectivity index is 2.20. The molecule has 0 saturated carbocycles. The van der Waals surface area contributed by atoms with Crippen molar-refractivity contribution >= 4 is 17.7 Å². The van der Waals surface area contributed by atoms with Crippen LogP contribution in [0.25, 0.3) is 0 Å². The number of aromatic nitrogens is 1. The van der Waals surface area contributed by atoms with Crippen LogP contribution in [0.1, 0.15) is 28.7 Å². The van der Waals surface area contributed by atoms with Gasteiger partial charge in [0, 0.05) is 30.5 Å². The molecule has 108 valence electrons. The zero-order valence-electron chi connectivity index (χ0n) is 12.2. The summed E-state index contributed by atoms with van der Waals surface area (Å²) in [6, 6.07) is 1.29. The molecule has 1 aromatic heterocycles. The monoisotopic (exact) mass is 277 g/mol. The highest BCUT2D eigenvalue weighted by molar-refractivity contribution is 6.06. The zero-order chi connectivity index (χ0) is 15.0. The Morgan fingerprint density at radius 3 is 2.60 bits per heavy atom. The predicted octanol–water partition coefficient (Wildman–Crippen LogP) is 1.01. The summed E-state index contributed by atoms with van der Waals surface area (Å²) in [5.74, 6) is -0.810. The summed E-state index contributed by atoms with van der Waals surface area (Å²) < 4.78 is 1.91. The first-order valence-corrected chi connectivity index (χ1v) is 6.58. The molecule has 6 nitrogen and oxygen atoms in total. The first-order valence-electron chi connectivity index (χ1n) is 6.58. The quantitative estimate of drug-likeness (QED) is 0.838. The fourth-order valence-corrected chi connectivity index (χ4v) is 2.31. The number of amides is 3. The highest BCUT2D eigenvalue weighted by Gasteiger charge is 2.33. The molecule has 0 aliphatic carbocycles. The van der Waals surface area contributed by atoms with E-state index in [1.165, 1.54) is 0 Å². The van der Waals surface area contributed by atoms with E-state index in [1.54, 1.807) is 13.0 Å². The van der Waals surface area contributed by atoms with E-state index >= 15 is 0 Å². The molecule has 1 fully saturated rings. The van der Waals surface area contributed by atoms with E-state index < -0.39 is 6.03 Å². The van der Waals surface area contributed by atoms with Crippen LogP contribution in [0.3, 0.4) is 0 Å². The van der Waals surface area contributed by atoms with Crippen LogP contribution in [0.2, 0.25) is 0 Å². The Morgan fingerprint density at radius 2 is 2.05 bits per heavy atom. The van der Waals surface area contributed by atoms with Crippen molar-refractivity contribution in [2.75, 3.05) is 13.1 Å². The van der Waals surface area contributed by atoms with Gasteiger partial charge in [0.2, 0.25) is 5.91 Å².